The van der Waals surface area contributed by atoms with Crippen LogP contribution in [0.4, 0.5) is 0 Å². The average molecular weight is 417 g/mol. The lowest BCUT2D eigenvalue weighted by molar-refractivity contribution is -0.139. The normalized spacial score (nSPS) is 17.0. The summed E-state index contributed by atoms with van der Waals surface area (Å²) in [4.78, 5) is 24.1. The lowest BCUT2D eigenvalue weighted by Crippen LogP contribution is -2.47. The molecular formula is C20H23N3O5S. The first kappa shape index (κ1) is 21.0. The first-order valence-electron chi connectivity index (χ1n) is 9.27. The molecule has 8 nitrogen and oxygen atoms in total. The summed E-state index contributed by atoms with van der Waals surface area (Å²) < 4.78 is 32.1. The largest absolute Gasteiger partial charge is 0.359 e. The molecule has 1 aliphatic rings. The van der Waals surface area contributed by atoms with Crippen LogP contribution in [0.2, 0.25) is 0 Å². The second-order valence-electron chi connectivity index (χ2n) is 6.46. The van der Waals surface area contributed by atoms with Gasteiger partial charge in [0.15, 0.2) is 0 Å². The van der Waals surface area contributed by atoms with Gasteiger partial charge in [-0.25, -0.2) is 8.42 Å². The Morgan fingerprint density at radius 1 is 0.966 bits per heavy atom. The van der Waals surface area contributed by atoms with E-state index in [2.05, 4.69) is 10.6 Å². The van der Waals surface area contributed by atoms with Crippen LogP contribution in [0.15, 0.2) is 65.6 Å². The van der Waals surface area contributed by atoms with Crippen molar-refractivity contribution in [3.05, 3.63) is 66.2 Å². The van der Waals surface area contributed by atoms with Crippen molar-refractivity contribution in [3.63, 3.8) is 0 Å². The van der Waals surface area contributed by atoms with Crippen LogP contribution in [-0.4, -0.2) is 57.0 Å². The molecule has 1 saturated heterocycles. The van der Waals surface area contributed by atoms with Gasteiger partial charge in [-0.05, 0) is 24.1 Å². The molecule has 0 radical (unpaired) electrons. The van der Waals surface area contributed by atoms with Gasteiger partial charge in [0.1, 0.15) is 6.23 Å². The maximum atomic E-state index is 12.8. The maximum Gasteiger partial charge on any atom is 0.309 e. The van der Waals surface area contributed by atoms with Gasteiger partial charge in [-0.15, -0.1) is 0 Å². The Labute approximate surface area is 169 Å². The van der Waals surface area contributed by atoms with Crippen LogP contribution < -0.4 is 10.6 Å². The van der Waals surface area contributed by atoms with E-state index in [1.165, 1.54) is 16.4 Å². The Hall–Kier alpha value is -2.75. The summed E-state index contributed by atoms with van der Waals surface area (Å²) in [7, 11) is -3.74. The monoisotopic (exact) mass is 417 g/mol. The van der Waals surface area contributed by atoms with Gasteiger partial charge in [0.05, 0.1) is 18.0 Å². The van der Waals surface area contributed by atoms with Crippen molar-refractivity contribution in [3.8, 4) is 0 Å². The van der Waals surface area contributed by atoms with Gasteiger partial charge in [-0.3, -0.25) is 9.59 Å². The Morgan fingerprint density at radius 3 is 2.28 bits per heavy atom. The Balaban J connectivity index is 1.49. The van der Waals surface area contributed by atoms with Crippen LogP contribution >= 0.6 is 0 Å². The zero-order chi connectivity index (χ0) is 20.7. The fourth-order valence-corrected chi connectivity index (χ4v) is 4.51. The minimum atomic E-state index is -3.74. The van der Waals surface area contributed by atoms with Gasteiger partial charge in [-0.1, -0.05) is 48.5 Å². The summed E-state index contributed by atoms with van der Waals surface area (Å²) in [6.07, 6.45) is -0.254. The van der Waals surface area contributed by atoms with Crippen LogP contribution in [0.25, 0.3) is 0 Å². The number of carbonyl (C=O) groups is 2. The molecule has 2 aromatic rings. The van der Waals surface area contributed by atoms with Crippen molar-refractivity contribution in [2.75, 3.05) is 26.2 Å². The molecule has 0 aliphatic carbocycles. The zero-order valence-electron chi connectivity index (χ0n) is 15.8. The van der Waals surface area contributed by atoms with E-state index in [1.807, 2.05) is 30.3 Å². The molecular weight excluding hydrogens is 394 g/mol. The highest BCUT2D eigenvalue weighted by atomic mass is 32.2. The lowest BCUT2D eigenvalue weighted by atomic mass is 10.1. The Morgan fingerprint density at radius 2 is 1.59 bits per heavy atom. The fraction of sp³-hybridized carbons (Fsp3) is 0.300. The van der Waals surface area contributed by atoms with Crippen LogP contribution in [0.5, 0.6) is 0 Å². The van der Waals surface area contributed by atoms with E-state index in [0.29, 0.717) is 13.0 Å². The van der Waals surface area contributed by atoms with E-state index in [1.54, 1.807) is 18.2 Å². The van der Waals surface area contributed by atoms with Gasteiger partial charge < -0.3 is 15.4 Å². The number of sulfonamides is 1. The third kappa shape index (κ3) is 5.41. The minimum absolute atomic E-state index is 0.114. The molecule has 1 heterocycles. The summed E-state index contributed by atoms with van der Waals surface area (Å²) in [5, 5.41) is 4.99. The summed E-state index contributed by atoms with van der Waals surface area (Å²) in [6, 6.07) is 17.6. The molecule has 1 aliphatic heterocycles. The highest BCUT2D eigenvalue weighted by Gasteiger charge is 2.36. The SMILES string of the molecule is O=C(NCCc1ccccc1)C(=O)NC[C@@H]1OCCN1S(=O)(=O)c1ccccc1. The maximum absolute atomic E-state index is 12.8. The number of carbonyl (C=O) groups excluding carboxylic acids is 2. The van der Waals surface area contributed by atoms with Crippen molar-refractivity contribution >= 4 is 21.8 Å². The second-order valence-corrected chi connectivity index (χ2v) is 8.35. The molecule has 0 bridgehead atoms. The first-order chi connectivity index (χ1) is 14.0. The van der Waals surface area contributed by atoms with Crippen LogP contribution in [-0.2, 0) is 30.8 Å². The quantitative estimate of drug-likeness (QED) is 0.639. The number of nitrogens with zero attached hydrogens (tertiary/aromatic N) is 1. The molecule has 29 heavy (non-hydrogen) atoms. The summed E-state index contributed by atoms with van der Waals surface area (Å²) >= 11 is 0. The lowest BCUT2D eigenvalue weighted by Gasteiger charge is -2.22. The number of hydrogen-bond acceptors (Lipinski definition) is 5. The average Bonchev–Trinajstić information content (AvgIpc) is 3.23. The molecule has 2 amide bonds. The van der Waals surface area contributed by atoms with Crippen LogP contribution in [0.3, 0.4) is 0 Å². The number of benzene rings is 2. The third-order valence-corrected chi connectivity index (χ3v) is 6.38. The molecule has 0 unspecified atom stereocenters. The van der Waals surface area contributed by atoms with Crippen molar-refractivity contribution < 1.29 is 22.7 Å². The zero-order valence-corrected chi connectivity index (χ0v) is 16.6. The van der Waals surface area contributed by atoms with Crippen LogP contribution in [0, 0.1) is 0 Å². The Bertz CT molecular complexity index is 935. The van der Waals surface area contributed by atoms with Gasteiger partial charge in [-0.2, -0.15) is 4.31 Å². The number of rotatable bonds is 7. The molecule has 1 fully saturated rings. The highest BCUT2D eigenvalue weighted by molar-refractivity contribution is 7.89. The molecule has 1 atom stereocenters. The smallest absolute Gasteiger partial charge is 0.309 e. The van der Waals surface area contributed by atoms with Crippen molar-refractivity contribution in [1.82, 2.24) is 14.9 Å². The Kier molecular flexibility index (Phi) is 6.97. The fourth-order valence-electron chi connectivity index (χ4n) is 2.98. The number of ether oxygens (including phenoxy) is 1. The number of amides is 2. The first-order valence-corrected chi connectivity index (χ1v) is 10.7. The highest BCUT2D eigenvalue weighted by Crippen LogP contribution is 2.21. The van der Waals surface area contributed by atoms with Gasteiger partial charge in [0.25, 0.3) is 0 Å². The van der Waals surface area contributed by atoms with E-state index in [9.17, 15) is 18.0 Å². The van der Waals surface area contributed by atoms with E-state index >= 15 is 0 Å². The van der Waals surface area contributed by atoms with E-state index < -0.39 is 28.1 Å². The molecule has 154 valence electrons. The number of hydrogen-bond donors (Lipinski definition) is 2. The summed E-state index contributed by atoms with van der Waals surface area (Å²) in [5.41, 5.74) is 1.05. The summed E-state index contributed by atoms with van der Waals surface area (Å²) in [6.45, 7) is 0.610. The second kappa shape index (κ2) is 9.64. The molecule has 9 heteroatoms. The number of nitrogens with one attached hydrogen (secondary N) is 2. The van der Waals surface area contributed by atoms with Crippen molar-refractivity contribution in [2.45, 2.75) is 17.5 Å². The van der Waals surface area contributed by atoms with Crippen LogP contribution in [0.1, 0.15) is 5.56 Å². The van der Waals surface area contributed by atoms with Crippen molar-refractivity contribution in [2.24, 2.45) is 0 Å². The standard InChI is InChI=1S/C20H23N3O5S/c24-19(21-12-11-16-7-3-1-4-8-16)20(25)22-15-18-23(13-14-28-18)29(26,27)17-9-5-2-6-10-17/h1-10,18H,11-15H2,(H,21,24)(H,22,25)/t18-/m0/s1. The van der Waals surface area contributed by atoms with Gasteiger partial charge in [0, 0.05) is 13.1 Å². The molecule has 2 N–H and O–H groups in total. The summed E-state index contributed by atoms with van der Waals surface area (Å²) in [5.74, 6) is -1.60. The minimum Gasteiger partial charge on any atom is -0.359 e. The molecule has 0 saturated carbocycles. The van der Waals surface area contributed by atoms with Gasteiger partial charge in [0.2, 0.25) is 10.0 Å². The van der Waals surface area contributed by atoms with E-state index in [4.69, 9.17) is 4.74 Å². The van der Waals surface area contributed by atoms with E-state index in [0.717, 1.165) is 5.56 Å². The topological polar surface area (TPSA) is 105 Å². The van der Waals surface area contributed by atoms with Crippen molar-refractivity contribution in [1.29, 1.82) is 0 Å². The molecule has 3 rings (SSSR count). The molecule has 0 aromatic heterocycles. The molecule has 2 aromatic carbocycles. The predicted molar refractivity (Wildman–Crippen MR) is 106 cm³/mol. The van der Waals surface area contributed by atoms with Gasteiger partial charge >= 0.3 is 11.8 Å². The predicted octanol–water partition coefficient (Wildman–Crippen LogP) is 0.509. The third-order valence-electron chi connectivity index (χ3n) is 4.48. The molecule has 0 spiro atoms. The van der Waals surface area contributed by atoms with E-state index in [-0.39, 0.29) is 24.6 Å².